The summed E-state index contributed by atoms with van der Waals surface area (Å²) in [4.78, 5) is 10.8. The van der Waals surface area contributed by atoms with Crippen molar-refractivity contribution in [3.8, 4) is 5.75 Å². The van der Waals surface area contributed by atoms with Crippen molar-refractivity contribution in [2.75, 3.05) is 20.7 Å². The molecule has 0 aliphatic rings. The minimum absolute atomic E-state index is 0.573. The fourth-order valence-corrected chi connectivity index (χ4v) is 1.26. The third-order valence-electron chi connectivity index (χ3n) is 2.01. The second kappa shape index (κ2) is 5.98. The molecule has 0 saturated carbocycles. The van der Waals surface area contributed by atoms with Gasteiger partial charge in [0.15, 0.2) is 6.29 Å². The third-order valence-corrected chi connectivity index (χ3v) is 2.01. The average Bonchev–Trinajstić information content (AvgIpc) is 2.29. The van der Waals surface area contributed by atoms with Crippen molar-refractivity contribution < 1.29 is 9.53 Å². The summed E-state index contributed by atoms with van der Waals surface area (Å²) in [6.07, 6.45) is 4.76. The number of aldehydes is 1. The lowest BCUT2D eigenvalue weighted by atomic mass is 10.1. The number of ether oxygens (including phenoxy) is 1. The zero-order chi connectivity index (χ0) is 11.1. The molecule has 0 fully saturated rings. The lowest BCUT2D eigenvalue weighted by molar-refractivity contribution is 0.112. The number of methoxy groups -OCH3 is 1. The topological polar surface area (TPSA) is 38.3 Å². The number of hydrogen-bond acceptors (Lipinski definition) is 3. The number of carbonyl (C=O) groups is 1. The molecule has 1 N–H and O–H groups in total. The zero-order valence-electron chi connectivity index (χ0n) is 8.99. The molecule has 0 amide bonds. The van der Waals surface area contributed by atoms with Gasteiger partial charge in [0.05, 0.1) is 12.7 Å². The van der Waals surface area contributed by atoms with Gasteiger partial charge in [-0.3, -0.25) is 4.79 Å². The molecule has 0 atom stereocenters. The van der Waals surface area contributed by atoms with E-state index in [4.69, 9.17) is 4.74 Å². The lowest BCUT2D eigenvalue weighted by Crippen LogP contribution is -2.03. The molecule has 0 radical (unpaired) electrons. The van der Waals surface area contributed by atoms with Gasteiger partial charge in [0.25, 0.3) is 0 Å². The molecule has 3 heteroatoms. The van der Waals surface area contributed by atoms with Gasteiger partial charge in [-0.15, -0.1) is 0 Å². The summed E-state index contributed by atoms with van der Waals surface area (Å²) < 4.78 is 5.05. The molecular weight excluding hydrogens is 190 g/mol. The van der Waals surface area contributed by atoms with Crippen LogP contribution in [0.1, 0.15) is 15.9 Å². The molecule has 1 aromatic carbocycles. The van der Waals surface area contributed by atoms with Gasteiger partial charge in [-0.05, 0) is 24.7 Å². The van der Waals surface area contributed by atoms with Crippen LogP contribution in [0, 0.1) is 0 Å². The molecule has 1 rings (SSSR count). The van der Waals surface area contributed by atoms with Crippen LogP contribution in [0.15, 0.2) is 24.3 Å². The van der Waals surface area contributed by atoms with Gasteiger partial charge in [0, 0.05) is 6.54 Å². The van der Waals surface area contributed by atoms with Crippen molar-refractivity contribution >= 4 is 12.4 Å². The molecule has 3 nitrogen and oxygen atoms in total. The molecular formula is C12H15NO2. The smallest absolute Gasteiger partial charge is 0.153 e. The molecule has 0 aromatic heterocycles. The summed E-state index contributed by atoms with van der Waals surface area (Å²) >= 11 is 0. The first-order chi connectivity index (χ1) is 7.31. The minimum atomic E-state index is 0.573. The van der Waals surface area contributed by atoms with Gasteiger partial charge < -0.3 is 10.1 Å². The molecule has 0 aliphatic carbocycles. The Hall–Kier alpha value is -1.61. The van der Waals surface area contributed by atoms with Gasteiger partial charge in [-0.2, -0.15) is 0 Å². The monoisotopic (exact) mass is 205 g/mol. The van der Waals surface area contributed by atoms with Gasteiger partial charge in [-0.1, -0.05) is 18.2 Å². The Balaban J connectivity index is 2.88. The summed E-state index contributed by atoms with van der Waals surface area (Å²) in [5.74, 6) is 0.607. The fourth-order valence-electron chi connectivity index (χ4n) is 1.26. The highest BCUT2D eigenvalue weighted by atomic mass is 16.5. The van der Waals surface area contributed by atoms with E-state index in [-0.39, 0.29) is 0 Å². The van der Waals surface area contributed by atoms with E-state index < -0.39 is 0 Å². The Labute approximate surface area is 89.8 Å². The lowest BCUT2D eigenvalue weighted by Gasteiger charge is -2.03. The standard InChI is InChI=1S/C12H15NO2/c1-13-7-3-4-10-5-6-12(15-2)11(8-10)9-14/h3-6,8-9,13H,7H2,1-2H3. The SMILES string of the molecule is CNCC=Cc1ccc(OC)c(C=O)c1. The molecule has 0 bridgehead atoms. The number of nitrogens with one attached hydrogen (secondary N) is 1. The van der Waals surface area contributed by atoms with Crippen LogP contribution in [0.2, 0.25) is 0 Å². The van der Waals surface area contributed by atoms with E-state index in [9.17, 15) is 4.79 Å². The van der Waals surface area contributed by atoms with Crippen LogP contribution in [0.3, 0.4) is 0 Å². The van der Waals surface area contributed by atoms with Gasteiger partial charge >= 0.3 is 0 Å². The van der Waals surface area contributed by atoms with Crippen LogP contribution in [0.25, 0.3) is 6.08 Å². The van der Waals surface area contributed by atoms with E-state index in [0.717, 1.165) is 18.4 Å². The molecule has 0 unspecified atom stereocenters. The van der Waals surface area contributed by atoms with Gasteiger partial charge in [0.2, 0.25) is 0 Å². The van der Waals surface area contributed by atoms with Crippen molar-refractivity contribution in [3.05, 3.63) is 35.4 Å². The quantitative estimate of drug-likeness (QED) is 0.744. The molecule has 1 aromatic rings. The third kappa shape index (κ3) is 3.22. The Morgan fingerprint density at radius 3 is 2.87 bits per heavy atom. The van der Waals surface area contributed by atoms with Crippen molar-refractivity contribution in [3.63, 3.8) is 0 Å². The zero-order valence-corrected chi connectivity index (χ0v) is 8.99. The summed E-state index contributed by atoms with van der Waals surface area (Å²) in [6.45, 7) is 0.808. The number of benzene rings is 1. The fraction of sp³-hybridized carbons (Fsp3) is 0.250. The maximum absolute atomic E-state index is 10.8. The van der Waals surface area contributed by atoms with E-state index in [1.165, 1.54) is 0 Å². The molecule has 0 heterocycles. The highest BCUT2D eigenvalue weighted by Gasteiger charge is 2.00. The van der Waals surface area contributed by atoms with Crippen LogP contribution in [-0.2, 0) is 0 Å². The Morgan fingerprint density at radius 1 is 1.47 bits per heavy atom. The summed E-state index contributed by atoms with van der Waals surface area (Å²) in [5.41, 5.74) is 1.57. The highest BCUT2D eigenvalue weighted by Crippen LogP contribution is 2.18. The first kappa shape index (κ1) is 11.5. The van der Waals surface area contributed by atoms with Gasteiger partial charge in [-0.25, -0.2) is 0 Å². The van der Waals surface area contributed by atoms with Crippen LogP contribution in [0.4, 0.5) is 0 Å². The van der Waals surface area contributed by atoms with Crippen LogP contribution >= 0.6 is 0 Å². The predicted molar refractivity (Wildman–Crippen MR) is 61.3 cm³/mol. The number of likely N-dealkylation sites (N-methyl/N-ethyl adjacent to an activating group) is 1. The normalized spacial score (nSPS) is 10.5. The van der Waals surface area contributed by atoms with Crippen molar-refractivity contribution in [2.24, 2.45) is 0 Å². The average molecular weight is 205 g/mol. The van der Waals surface area contributed by atoms with Gasteiger partial charge in [0.1, 0.15) is 5.75 Å². The second-order valence-corrected chi connectivity index (χ2v) is 3.08. The molecule has 0 spiro atoms. The van der Waals surface area contributed by atoms with Crippen molar-refractivity contribution in [2.45, 2.75) is 0 Å². The first-order valence-electron chi connectivity index (χ1n) is 4.76. The van der Waals surface area contributed by atoms with Crippen molar-refractivity contribution in [1.82, 2.24) is 5.32 Å². The van der Waals surface area contributed by atoms with Crippen LogP contribution in [0.5, 0.6) is 5.75 Å². The largest absolute Gasteiger partial charge is 0.496 e. The van der Waals surface area contributed by atoms with E-state index in [2.05, 4.69) is 5.32 Å². The van der Waals surface area contributed by atoms with E-state index in [0.29, 0.717) is 11.3 Å². The minimum Gasteiger partial charge on any atom is -0.496 e. The first-order valence-corrected chi connectivity index (χ1v) is 4.76. The summed E-state index contributed by atoms with van der Waals surface area (Å²) in [7, 11) is 3.44. The highest BCUT2D eigenvalue weighted by molar-refractivity contribution is 5.80. The van der Waals surface area contributed by atoms with Crippen molar-refractivity contribution in [1.29, 1.82) is 0 Å². The van der Waals surface area contributed by atoms with Crippen LogP contribution < -0.4 is 10.1 Å². The molecule has 0 aliphatic heterocycles. The number of carbonyl (C=O) groups excluding carboxylic acids is 1. The second-order valence-electron chi connectivity index (χ2n) is 3.08. The van der Waals surface area contributed by atoms with E-state index in [1.807, 2.05) is 25.3 Å². The number of rotatable bonds is 5. The van der Waals surface area contributed by atoms with E-state index >= 15 is 0 Å². The Bertz CT molecular complexity index is 359. The summed E-state index contributed by atoms with van der Waals surface area (Å²) in [6, 6.07) is 5.51. The maximum Gasteiger partial charge on any atom is 0.153 e. The predicted octanol–water partition coefficient (Wildman–Crippen LogP) is 1.74. The maximum atomic E-state index is 10.8. The Kier molecular flexibility index (Phi) is 4.57. The molecule has 15 heavy (non-hydrogen) atoms. The van der Waals surface area contributed by atoms with Crippen LogP contribution in [-0.4, -0.2) is 27.0 Å². The molecule has 80 valence electrons. The number of hydrogen-bond donors (Lipinski definition) is 1. The Morgan fingerprint density at radius 2 is 2.27 bits per heavy atom. The molecule has 0 saturated heterocycles. The van der Waals surface area contributed by atoms with E-state index in [1.54, 1.807) is 19.2 Å². The summed E-state index contributed by atoms with van der Waals surface area (Å²) in [5, 5.41) is 3.01.